The highest BCUT2D eigenvalue weighted by molar-refractivity contribution is 5.88. The first-order valence-electron chi connectivity index (χ1n) is 6.39. The van der Waals surface area contributed by atoms with Crippen LogP contribution in [0.25, 0.3) is 0 Å². The second-order valence-corrected chi connectivity index (χ2v) is 5.04. The lowest BCUT2D eigenvalue weighted by atomic mass is 10.2. The molecule has 5 heteroatoms. The number of carbonyl (C=O) groups excluding carboxylic acids is 1. The van der Waals surface area contributed by atoms with Gasteiger partial charge in [-0.3, -0.25) is 4.79 Å². The summed E-state index contributed by atoms with van der Waals surface area (Å²) in [6.45, 7) is 1.44. The summed E-state index contributed by atoms with van der Waals surface area (Å²) >= 11 is 0. The highest BCUT2D eigenvalue weighted by atomic mass is 35.5. The van der Waals surface area contributed by atoms with Crippen molar-refractivity contribution in [3.8, 4) is 0 Å². The largest absolute Gasteiger partial charge is 0.378 e. The first-order valence-corrected chi connectivity index (χ1v) is 6.39. The highest BCUT2D eigenvalue weighted by Crippen LogP contribution is 2.31. The normalized spacial score (nSPS) is 21.9. The molecule has 4 nitrogen and oxygen atoms in total. The van der Waals surface area contributed by atoms with Crippen LogP contribution in [0.5, 0.6) is 0 Å². The number of nitrogens with two attached hydrogens (primary N) is 1. The molecule has 2 aliphatic carbocycles. The molecule has 0 bridgehead atoms. The third-order valence-electron chi connectivity index (χ3n) is 3.50. The van der Waals surface area contributed by atoms with Crippen LogP contribution in [0.1, 0.15) is 44.9 Å². The van der Waals surface area contributed by atoms with Crippen molar-refractivity contribution in [2.75, 3.05) is 13.2 Å². The van der Waals surface area contributed by atoms with E-state index in [1.54, 1.807) is 0 Å². The van der Waals surface area contributed by atoms with Gasteiger partial charge in [0, 0.05) is 13.2 Å². The lowest BCUT2D eigenvalue weighted by Crippen LogP contribution is -2.43. The lowest BCUT2D eigenvalue weighted by molar-refractivity contribution is -0.123. The zero-order valence-electron chi connectivity index (χ0n) is 10.2. The van der Waals surface area contributed by atoms with E-state index in [1.807, 2.05) is 0 Å². The number of ether oxygens (including phenoxy) is 1. The molecule has 1 amide bonds. The molecular weight excluding hydrogens is 240 g/mol. The van der Waals surface area contributed by atoms with Crippen LogP contribution in [0.2, 0.25) is 0 Å². The van der Waals surface area contributed by atoms with Gasteiger partial charge in [0.05, 0.1) is 11.6 Å². The molecule has 0 aromatic heterocycles. The first-order chi connectivity index (χ1) is 7.71. The Hall–Kier alpha value is -0.320. The molecular formula is C12H23ClN2O2. The zero-order valence-corrected chi connectivity index (χ0v) is 11.1. The average Bonchev–Trinajstić information content (AvgIpc) is 2.81. The van der Waals surface area contributed by atoms with Crippen molar-refractivity contribution in [1.82, 2.24) is 5.32 Å². The van der Waals surface area contributed by atoms with Crippen LogP contribution in [0.4, 0.5) is 0 Å². The third kappa shape index (κ3) is 4.45. The minimum atomic E-state index is -0.535. The number of hydrogen-bond acceptors (Lipinski definition) is 3. The van der Waals surface area contributed by atoms with Crippen LogP contribution >= 0.6 is 12.4 Å². The van der Waals surface area contributed by atoms with Crippen molar-refractivity contribution in [3.05, 3.63) is 0 Å². The second-order valence-electron chi connectivity index (χ2n) is 5.04. The maximum atomic E-state index is 11.5. The Balaban J connectivity index is 0.00000144. The summed E-state index contributed by atoms with van der Waals surface area (Å²) in [5.74, 6) is 0.00775. The fraction of sp³-hybridized carbons (Fsp3) is 0.917. The van der Waals surface area contributed by atoms with Crippen molar-refractivity contribution < 1.29 is 9.53 Å². The Kier molecular flexibility index (Phi) is 5.70. The third-order valence-corrected chi connectivity index (χ3v) is 3.50. The minimum absolute atomic E-state index is 0. The summed E-state index contributed by atoms with van der Waals surface area (Å²) in [6, 6.07) is 0. The summed E-state index contributed by atoms with van der Waals surface area (Å²) < 4.78 is 5.70. The molecule has 2 saturated carbocycles. The molecule has 17 heavy (non-hydrogen) atoms. The Labute approximate surface area is 109 Å². The molecule has 0 aromatic carbocycles. The smallest absolute Gasteiger partial charge is 0.240 e. The lowest BCUT2D eigenvalue weighted by Gasteiger charge is -2.12. The van der Waals surface area contributed by atoms with Gasteiger partial charge in [-0.1, -0.05) is 12.8 Å². The summed E-state index contributed by atoms with van der Waals surface area (Å²) in [7, 11) is 0. The summed E-state index contributed by atoms with van der Waals surface area (Å²) in [4.78, 5) is 11.5. The van der Waals surface area contributed by atoms with E-state index in [9.17, 15) is 4.79 Å². The molecule has 2 aliphatic rings. The van der Waals surface area contributed by atoms with Gasteiger partial charge >= 0.3 is 0 Å². The van der Waals surface area contributed by atoms with Gasteiger partial charge in [-0.2, -0.15) is 0 Å². The van der Waals surface area contributed by atoms with Crippen molar-refractivity contribution in [3.63, 3.8) is 0 Å². The van der Waals surface area contributed by atoms with Gasteiger partial charge in [-0.05, 0) is 32.1 Å². The van der Waals surface area contributed by atoms with E-state index < -0.39 is 5.54 Å². The molecule has 0 radical (unpaired) electrons. The van der Waals surface area contributed by atoms with Gasteiger partial charge in [-0.15, -0.1) is 12.4 Å². The predicted molar refractivity (Wildman–Crippen MR) is 69.2 cm³/mol. The fourth-order valence-electron chi connectivity index (χ4n) is 2.12. The van der Waals surface area contributed by atoms with Crippen LogP contribution in [-0.2, 0) is 9.53 Å². The SMILES string of the molecule is Cl.NC1(C(=O)NCCCOC2CCCC2)CC1. The zero-order chi connectivity index (χ0) is 11.4. The molecule has 0 unspecified atom stereocenters. The van der Waals surface area contributed by atoms with E-state index in [2.05, 4.69) is 5.32 Å². The quantitative estimate of drug-likeness (QED) is 0.711. The van der Waals surface area contributed by atoms with Gasteiger partial charge in [0.2, 0.25) is 5.91 Å². The monoisotopic (exact) mass is 262 g/mol. The van der Waals surface area contributed by atoms with Gasteiger partial charge < -0.3 is 15.8 Å². The molecule has 0 aliphatic heterocycles. The number of nitrogens with one attached hydrogen (secondary N) is 1. The van der Waals surface area contributed by atoms with E-state index in [0.717, 1.165) is 25.9 Å². The average molecular weight is 263 g/mol. The van der Waals surface area contributed by atoms with Crippen molar-refractivity contribution >= 4 is 18.3 Å². The molecule has 0 heterocycles. The van der Waals surface area contributed by atoms with Gasteiger partial charge in [0.15, 0.2) is 0 Å². The Morgan fingerprint density at radius 1 is 1.35 bits per heavy atom. The highest BCUT2D eigenvalue weighted by Gasteiger charge is 2.45. The van der Waals surface area contributed by atoms with Crippen LogP contribution < -0.4 is 11.1 Å². The first kappa shape index (κ1) is 14.7. The molecule has 0 saturated heterocycles. The summed E-state index contributed by atoms with van der Waals surface area (Å²) in [5.41, 5.74) is 5.23. The number of rotatable bonds is 6. The van der Waals surface area contributed by atoms with Crippen molar-refractivity contribution in [2.24, 2.45) is 5.73 Å². The molecule has 0 aromatic rings. The number of amides is 1. The standard InChI is InChI=1S/C12H22N2O2.ClH/c13-12(6-7-12)11(15)14-8-3-9-16-10-4-1-2-5-10;/h10H,1-9,13H2,(H,14,15);1H. The van der Waals surface area contributed by atoms with E-state index >= 15 is 0 Å². The van der Waals surface area contributed by atoms with Crippen LogP contribution in [0.15, 0.2) is 0 Å². The molecule has 3 N–H and O–H groups in total. The van der Waals surface area contributed by atoms with Crippen molar-refractivity contribution in [2.45, 2.75) is 56.6 Å². The second kappa shape index (κ2) is 6.57. The molecule has 0 spiro atoms. The van der Waals surface area contributed by atoms with E-state index in [-0.39, 0.29) is 18.3 Å². The molecule has 2 fully saturated rings. The van der Waals surface area contributed by atoms with Crippen LogP contribution in [0.3, 0.4) is 0 Å². The maximum absolute atomic E-state index is 11.5. The fourth-order valence-corrected chi connectivity index (χ4v) is 2.12. The molecule has 100 valence electrons. The number of hydrogen-bond donors (Lipinski definition) is 2. The summed E-state index contributed by atoms with van der Waals surface area (Å²) in [5, 5.41) is 2.87. The Morgan fingerprint density at radius 2 is 2.00 bits per heavy atom. The van der Waals surface area contributed by atoms with Crippen LogP contribution in [0, 0.1) is 0 Å². The van der Waals surface area contributed by atoms with E-state index in [0.29, 0.717) is 12.6 Å². The topological polar surface area (TPSA) is 64.4 Å². The Bertz CT molecular complexity index is 251. The molecule has 0 atom stereocenters. The predicted octanol–water partition coefficient (Wildman–Crippen LogP) is 1.36. The van der Waals surface area contributed by atoms with Gasteiger partial charge in [-0.25, -0.2) is 0 Å². The van der Waals surface area contributed by atoms with Crippen LogP contribution in [-0.4, -0.2) is 30.7 Å². The van der Waals surface area contributed by atoms with Crippen molar-refractivity contribution in [1.29, 1.82) is 0 Å². The Morgan fingerprint density at radius 3 is 2.59 bits per heavy atom. The van der Waals surface area contributed by atoms with E-state index in [1.165, 1.54) is 25.7 Å². The molecule has 2 rings (SSSR count). The van der Waals surface area contributed by atoms with Gasteiger partial charge in [0.1, 0.15) is 0 Å². The van der Waals surface area contributed by atoms with E-state index in [4.69, 9.17) is 10.5 Å². The minimum Gasteiger partial charge on any atom is -0.378 e. The number of carbonyl (C=O) groups is 1. The summed E-state index contributed by atoms with van der Waals surface area (Å²) in [6.07, 6.45) is 8.04. The number of halogens is 1. The maximum Gasteiger partial charge on any atom is 0.240 e. The van der Waals surface area contributed by atoms with Gasteiger partial charge in [0.25, 0.3) is 0 Å².